The Bertz CT molecular complexity index is 1180. The van der Waals surface area contributed by atoms with Gasteiger partial charge in [-0.05, 0) is 43.7 Å². The van der Waals surface area contributed by atoms with Crippen LogP contribution in [0.1, 0.15) is 19.4 Å². The van der Waals surface area contributed by atoms with Crippen molar-refractivity contribution >= 4 is 11.0 Å². The molecular weight excluding hydrogens is 432 g/mol. The minimum atomic E-state index is -1.47. The number of fused-ring (bicyclic) bond motifs is 1. The molecule has 5 rings (SSSR count). The van der Waals surface area contributed by atoms with Gasteiger partial charge in [-0.15, -0.1) is 0 Å². The van der Waals surface area contributed by atoms with Gasteiger partial charge in [0.25, 0.3) is 0 Å². The van der Waals surface area contributed by atoms with Crippen LogP contribution in [-0.2, 0) is 15.9 Å². The molecule has 0 amide bonds. The monoisotopic (exact) mass is 458 g/mol. The Labute approximate surface area is 189 Å². The van der Waals surface area contributed by atoms with E-state index in [4.69, 9.17) is 18.6 Å². The Hall–Kier alpha value is -2.82. The molecule has 0 aliphatic carbocycles. The van der Waals surface area contributed by atoms with Gasteiger partial charge in [0.15, 0.2) is 0 Å². The minimum Gasteiger partial charge on any atom is -0.508 e. The maximum Gasteiger partial charge on any atom is 0.228 e. The number of rotatable bonds is 5. The standard InChI is InChI=1S/C24H26O9/c1-24(2)20(33-24)7-11-3-12-6-18(32-19(12)9-16(11)26)13-4-14(25)8-15(5-13)31-23-22(29)21(28)17(27)10-30-23/h3-6,8-9,17,20-23,25-29H,7,10H2,1-2H3. The quantitative estimate of drug-likeness (QED) is 0.363. The third-order valence-corrected chi connectivity index (χ3v) is 6.17. The lowest BCUT2D eigenvalue weighted by atomic mass is 10.0. The van der Waals surface area contributed by atoms with Gasteiger partial charge in [0, 0.05) is 29.5 Å². The number of benzene rings is 2. The Morgan fingerprint density at radius 3 is 2.48 bits per heavy atom. The predicted octanol–water partition coefficient (Wildman–Crippen LogP) is 2.05. The summed E-state index contributed by atoms with van der Waals surface area (Å²) < 4.78 is 22.4. The molecule has 33 heavy (non-hydrogen) atoms. The fourth-order valence-corrected chi connectivity index (χ4v) is 4.06. The first-order valence-corrected chi connectivity index (χ1v) is 10.7. The van der Waals surface area contributed by atoms with Gasteiger partial charge >= 0.3 is 0 Å². The molecule has 2 aliphatic heterocycles. The van der Waals surface area contributed by atoms with E-state index in [1.807, 2.05) is 19.9 Å². The van der Waals surface area contributed by atoms with Gasteiger partial charge in [-0.1, -0.05) is 0 Å². The second-order valence-electron chi connectivity index (χ2n) is 9.13. The van der Waals surface area contributed by atoms with Crippen molar-refractivity contribution in [3.8, 4) is 28.6 Å². The first kappa shape index (κ1) is 22.0. The summed E-state index contributed by atoms with van der Waals surface area (Å²) in [6.07, 6.45) is -4.67. The molecule has 0 bridgehead atoms. The van der Waals surface area contributed by atoms with E-state index in [1.54, 1.807) is 18.2 Å². The van der Waals surface area contributed by atoms with E-state index in [2.05, 4.69) is 0 Å². The highest BCUT2D eigenvalue weighted by Crippen LogP contribution is 2.41. The highest BCUT2D eigenvalue weighted by atomic mass is 16.7. The number of phenols is 2. The molecule has 2 aromatic carbocycles. The fraction of sp³-hybridized carbons (Fsp3) is 0.417. The lowest BCUT2D eigenvalue weighted by molar-refractivity contribution is -0.242. The normalized spacial score (nSPS) is 28.7. The number of phenolic OH excluding ortho intramolecular Hbond substituents is 2. The van der Waals surface area contributed by atoms with Crippen LogP contribution in [0.25, 0.3) is 22.3 Å². The molecule has 2 saturated heterocycles. The van der Waals surface area contributed by atoms with Crippen molar-refractivity contribution in [2.24, 2.45) is 0 Å². The van der Waals surface area contributed by atoms with Crippen LogP contribution in [0.2, 0.25) is 0 Å². The van der Waals surface area contributed by atoms with Crippen LogP contribution >= 0.6 is 0 Å². The highest BCUT2D eigenvalue weighted by Gasteiger charge is 2.47. The van der Waals surface area contributed by atoms with Crippen LogP contribution in [0.3, 0.4) is 0 Å². The summed E-state index contributed by atoms with van der Waals surface area (Å²) in [5.74, 6) is 0.630. The Morgan fingerprint density at radius 1 is 1.00 bits per heavy atom. The van der Waals surface area contributed by atoms with Gasteiger partial charge in [0.05, 0.1) is 18.3 Å². The van der Waals surface area contributed by atoms with E-state index in [9.17, 15) is 25.5 Å². The molecule has 5 atom stereocenters. The average molecular weight is 458 g/mol. The first-order valence-electron chi connectivity index (χ1n) is 10.7. The number of hydrogen-bond acceptors (Lipinski definition) is 9. The van der Waals surface area contributed by atoms with Crippen molar-refractivity contribution in [1.82, 2.24) is 0 Å². The molecule has 9 heteroatoms. The molecule has 0 spiro atoms. The Balaban J connectivity index is 1.41. The molecule has 3 aromatic rings. The second-order valence-corrected chi connectivity index (χ2v) is 9.13. The first-order chi connectivity index (χ1) is 15.6. The number of epoxide rings is 1. The van der Waals surface area contributed by atoms with E-state index >= 15 is 0 Å². The number of aliphatic hydroxyl groups is 3. The third kappa shape index (κ3) is 4.25. The molecular formula is C24H26O9. The molecule has 0 radical (unpaired) electrons. The number of ether oxygens (including phenoxy) is 3. The molecule has 2 aliphatic rings. The molecule has 5 unspecified atom stereocenters. The van der Waals surface area contributed by atoms with E-state index in [1.165, 1.54) is 12.1 Å². The molecule has 5 N–H and O–H groups in total. The summed E-state index contributed by atoms with van der Waals surface area (Å²) in [5, 5.41) is 50.9. The summed E-state index contributed by atoms with van der Waals surface area (Å²) in [7, 11) is 0. The molecule has 176 valence electrons. The zero-order valence-electron chi connectivity index (χ0n) is 18.1. The topological polar surface area (TPSA) is 145 Å². The summed E-state index contributed by atoms with van der Waals surface area (Å²) in [5.41, 5.74) is 1.55. The molecule has 1 aromatic heterocycles. The van der Waals surface area contributed by atoms with Gasteiger partial charge in [-0.3, -0.25) is 0 Å². The van der Waals surface area contributed by atoms with Crippen molar-refractivity contribution < 1.29 is 44.2 Å². The maximum atomic E-state index is 10.4. The Morgan fingerprint density at radius 2 is 1.76 bits per heavy atom. The average Bonchev–Trinajstić information content (AvgIpc) is 3.15. The molecule has 0 saturated carbocycles. The largest absolute Gasteiger partial charge is 0.508 e. The van der Waals surface area contributed by atoms with E-state index in [0.29, 0.717) is 23.3 Å². The van der Waals surface area contributed by atoms with Crippen molar-refractivity contribution in [3.05, 3.63) is 42.0 Å². The molecule has 2 fully saturated rings. The number of hydrogen-bond donors (Lipinski definition) is 5. The smallest absolute Gasteiger partial charge is 0.228 e. The van der Waals surface area contributed by atoms with Crippen molar-refractivity contribution in [3.63, 3.8) is 0 Å². The number of aliphatic hydroxyl groups excluding tert-OH is 3. The van der Waals surface area contributed by atoms with Crippen LogP contribution in [0.4, 0.5) is 0 Å². The van der Waals surface area contributed by atoms with Gasteiger partial charge in [0.1, 0.15) is 46.9 Å². The van der Waals surface area contributed by atoms with Crippen LogP contribution in [-0.4, -0.2) is 68.4 Å². The second kappa shape index (κ2) is 7.89. The summed E-state index contributed by atoms with van der Waals surface area (Å²) in [6, 6.07) is 9.62. The third-order valence-electron chi connectivity index (χ3n) is 6.17. The van der Waals surface area contributed by atoms with Crippen LogP contribution in [0.15, 0.2) is 40.8 Å². The van der Waals surface area contributed by atoms with Crippen LogP contribution < -0.4 is 4.74 Å². The van der Waals surface area contributed by atoms with Gasteiger partial charge in [-0.2, -0.15) is 0 Å². The van der Waals surface area contributed by atoms with Crippen LogP contribution in [0.5, 0.6) is 17.2 Å². The summed E-state index contributed by atoms with van der Waals surface area (Å²) in [4.78, 5) is 0. The number of aromatic hydroxyl groups is 2. The summed E-state index contributed by atoms with van der Waals surface area (Å²) in [6.45, 7) is 3.81. The van der Waals surface area contributed by atoms with Crippen molar-refractivity contribution in [2.75, 3.05) is 6.61 Å². The lowest BCUT2D eigenvalue weighted by Gasteiger charge is -2.34. The van der Waals surface area contributed by atoms with Crippen LogP contribution in [0, 0.1) is 0 Å². The van der Waals surface area contributed by atoms with Crippen molar-refractivity contribution in [1.29, 1.82) is 0 Å². The van der Waals surface area contributed by atoms with Gasteiger partial charge in [-0.25, -0.2) is 0 Å². The predicted molar refractivity (Wildman–Crippen MR) is 116 cm³/mol. The van der Waals surface area contributed by atoms with Gasteiger partial charge < -0.3 is 44.2 Å². The SMILES string of the molecule is CC1(C)OC1Cc1cc2cc(-c3cc(O)cc(OC4OCC(O)C(O)C4O)c3)oc2cc1O. The van der Waals surface area contributed by atoms with E-state index in [0.717, 1.165) is 10.9 Å². The lowest BCUT2D eigenvalue weighted by Crippen LogP contribution is -2.54. The zero-order chi connectivity index (χ0) is 23.5. The Kier molecular flexibility index (Phi) is 5.26. The van der Waals surface area contributed by atoms with Gasteiger partial charge in [0.2, 0.25) is 6.29 Å². The van der Waals surface area contributed by atoms with E-state index < -0.39 is 24.6 Å². The maximum absolute atomic E-state index is 10.4. The fourth-order valence-electron chi connectivity index (χ4n) is 4.06. The number of furan rings is 1. The highest BCUT2D eigenvalue weighted by molar-refractivity contribution is 5.85. The van der Waals surface area contributed by atoms with E-state index in [-0.39, 0.29) is 35.6 Å². The summed E-state index contributed by atoms with van der Waals surface area (Å²) >= 11 is 0. The molecule has 9 nitrogen and oxygen atoms in total. The van der Waals surface area contributed by atoms with Crippen molar-refractivity contribution in [2.45, 2.75) is 56.6 Å². The zero-order valence-corrected chi connectivity index (χ0v) is 18.1. The minimum absolute atomic E-state index is 0.0509. The molecule has 3 heterocycles.